The lowest BCUT2D eigenvalue weighted by Crippen LogP contribution is -2.55. The highest BCUT2D eigenvalue weighted by atomic mass is 32.2. The van der Waals surface area contributed by atoms with Gasteiger partial charge in [0.15, 0.2) is 10.8 Å². The molecule has 1 saturated heterocycles. The Kier molecular flexibility index (Phi) is 9.27. The highest BCUT2D eigenvalue weighted by molar-refractivity contribution is 7.89. The molecule has 0 aliphatic carbocycles. The number of nitrogens with one attached hydrogen (secondary N) is 2. The summed E-state index contributed by atoms with van der Waals surface area (Å²) in [7, 11) is -3.95. The first-order valence-electron chi connectivity index (χ1n) is 13.4. The molecule has 0 spiro atoms. The van der Waals surface area contributed by atoms with E-state index in [1.807, 2.05) is 50.2 Å². The number of carboxylic acids is 1. The average molecular weight is 585 g/mol. The van der Waals surface area contributed by atoms with Crippen LogP contribution in [0.5, 0.6) is 0 Å². The summed E-state index contributed by atoms with van der Waals surface area (Å²) < 4.78 is 28.8. The predicted molar refractivity (Wildman–Crippen MR) is 156 cm³/mol. The molecule has 1 aliphatic heterocycles. The minimum absolute atomic E-state index is 0.0601. The number of benzene rings is 2. The first-order chi connectivity index (χ1) is 19.0. The lowest BCUT2D eigenvalue weighted by atomic mass is 9.98. The Bertz CT molecular complexity index is 1430. The van der Waals surface area contributed by atoms with Gasteiger partial charge in [-0.1, -0.05) is 64.1 Å². The van der Waals surface area contributed by atoms with Crippen molar-refractivity contribution in [1.29, 1.82) is 0 Å². The van der Waals surface area contributed by atoms with E-state index in [2.05, 4.69) is 29.5 Å². The van der Waals surface area contributed by atoms with E-state index in [9.17, 15) is 23.1 Å². The maximum Gasteiger partial charge on any atom is 0.355 e. The number of carboxylic acid groups (broad SMARTS) is 1. The minimum atomic E-state index is -3.95. The van der Waals surface area contributed by atoms with Gasteiger partial charge in [-0.2, -0.15) is 4.31 Å². The van der Waals surface area contributed by atoms with Crippen LogP contribution in [0.1, 0.15) is 79.6 Å². The molecule has 2 aromatic carbocycles. The van der Waals surface area contributed by atoms with Gasteiger partial charge in [0.05, 0.1) is 4.90 Å². The largest absolute Gasteiger partial charge is 0.476 e. The van der Waals surface area contributed by atoms with E-state index in [1.54, 1.807) is 12.1 Å². The molecule has 2 heterocycles. The van der Waals surface area contributed by atoms with Crippen molar-refractivity contribution in [2.45, 2.75) is 75.9 Å². The molecule has 0 bridgehead atoms. The summed E-state index contributed by atoms with van der Waals surface area (Å²) in [6, 6.07) is 13.6. The van der Waals surface area contributed by atoms with Crippen LogP contribution >= 0.6 is 11.3 Å². The molecular weight excluding hydrogens is 548 g/mol. The summed E-state index contributed by atoms with van der Waals surface area (Å²) in [5.41, 5.74) is 3.09. The smallest absolute Gasteiger partial charge is 0.355 e. The number of hydrogen-bond acceptors (Lipinski definition) is 7. The van der Waals surface area contributed by atoms with Crippen molar-refractivity contribution in [2.75, 3.05) is 11.9 Å². The number of anilines is 1. The molecule has 0 radical (unpaired) electrons. The lowest BCUT2D eigenvalue weighted by Gasteiger charge is -2.37. The number of nitrogens with zero attached hydrogens (tertiary/aromatic N) is 2. The quantitative estimate of drug-likeness (QED) is 0.305. The molecule has 4 rings (SSSR count). The average Bonchev–Trinajstić information content (AvgIpc) is 3.40. The maximum atomic E-state index is 13.8. The molecule has 1 aromatic heterocycles. The van der Waals surface area contributed by atoms with Gasteiger partial charge in [0, 0.05) is 24.5 Å². The Hall–Kier alpha value is -3.28. The second-order valence-corrected chi connectivity index (χ2v) is 13.4. The molecule has 3 N–H and O–H groups in total. The van der Waals surface area contributed by atoms with Crippen molar-refractivity contribution in [3.05, 3.63) is 76.3 Å². The molecule has 214 valence electrons. The van der Waals surface area contributed by atoms with Crippen LogP contribution in [0.25, 0.3) is 0 Å². The van der Waals surface area contributed by atoms with E-state index in [4.69, 9.17) is 0 Å². The SMILES string of the molecule is CC(C)c1ccc(CNC(=O)[C@H]2C[C@H](Nc3nc(C(=O)O)cs3)CCN2S(=O)(=O)c2ccc(C(C)C)cc2)cc1. The van der Waals surface area contributed by atoms with Crippen LogP contribution in [0.2, 0.25) is 0 Å². The van der Waals surface area contributed by atoms with Gasteiger partial charge in [0.1, 0.15) is 6.04 Å². The van der Waals surface area contributed by atoms with Crippen molar-refractivity contribution < 1.29 is 23.1 Å². The van der Waals surface area contributed by atoms with Crippen LogP contribution in [0.15, 0.2) is 58.8 Å². The van der Waals surface area contributed by atoms with Crippen LogP contribution in [-0.2, 0) is 21.4 Å². The Morgan fingerprint density at radius 1 is 1.02 bits per heavy atom. The van der Waals surface area contributed by atoms with E-state index >= 15 is 0 Å². The van der Waals surface area contributed by atoms with Crippen LogP contribution in [-0.4, -0.2) is 53.3 Å². The van der Waals surface area contributed by atoms with Crippen molar-refractivity contribution in [1.82, 2.24) is 14.6 Å². The van der Waals surface area contributed by atoms with Crippen molar-refractivity contribution in [3.8, 4) is 0 Å². The number of hydrogen-bond donors (Lipinski definition) is 3. The van der Waals surface area contributed by atoms with Crippen molar-refractivity contribution in [2.24, 2.45) is 0 Å². The lowest BCUT2D eigenvalue weighted by molar-refractivity contribution is -0.126. The predicted octanol–water partition coefficient (Wildman–Crippen LogP) is 5.04. The highest BCUT2D eigenvalue weighted by Gasteiger charge is 2.41. The van der Waals surface area contributed by atoms with Gasteiger partial charge in [-0.3, -0.25) is 4.79 Å². The topological polar surface area (TPSA) is 129 Å². The van der Waals surface area contributed by atoms with E-state index in [-0.39, 0.29) is 48.0 Å². The van der Waals surface area contributed by atoms with E-state index < -0.39 is 22.0 Å². The number of carbonyl (C=O) groups is 2. The van der Waals surface area contributed by atoms with E-state index in [1.165, 1.54) is 15.2 Å². The fourth-order valence-corrected chi connectivity index (χ4v) is 7.08. The number of aromatic nitrogens is 1. The molecule has 9 nitrogen and oxygen atoms in total. The second-order valence-electron chi connectivity index (χ2n) is 10.7. The number of rotatable bonds is 10. The van der Waals surface area contributed by atoms with Gasteiger partial charge >= 0.3 is 5.97 Å². The summed E-state index contributed by atoms with van der Waals surface area (Å²) in [4.78, 5) is 29.0. The molecular formula is C29H36N4O5S2. The Morgan fingerprint density at radius 2 is 1.62 bits per heavy atom. The van der Waals surface area contributed by atoms with Crippen LogP contribution in [0.3, 0.4) is 0 Å². The molecule has 0 saturated carbocycles. The van der Waals surface area contributed by atoms with E-state index in [0.717, 1.165) is 22.5 Å². The highest BCUT2D eigenvalue weighted by Crippen LogP contribution is 2.29. The Morgan fingerprint density at radius 3 is 2.17 bits per heavy atom. The molecule has 2 atom stereocenters. The summed E-state index contributed by atoms with van der Waals surface area (Å²) in [5, 5.41) is 17.2. The first kappa shape index (κ1) is 29.7. The summed E-state index contributed by atoms with van der Waals surface area (Å²) in [6.07, 6.45) is 0.648. The third-order valence-corrected chi connectivity index (χ3v) is 9.87. The zero-order valence-electron chi connectivity index (χ0n) is 23.1. The molecule has 40 heavy (non-hydrogen) atoms. The van der Waals surface area contributed by atoms with Crippen LogP contribution in [0, 0.1) is 0 Å². The van der Waals surface area contributed by atoms with Crippen molar-refractivity contribution >= 4 is 38.4 Å². The normalized spacial score (nSPS) is 18.1. The van der Waals surface area contributed by atoms with Crippen LogP contribution in [0.4, 0.5) is 5.13 Å². The van der Waals surface area contributed by atoms with Gasteiger partial charge in [0.2, 0.25) is 15.9 Å². The molecule has 3 aromatic rings. The number of sulfonamides is 1. The van der Waals surface area contributed by atoms with Gasteiger partial charge in [-0.25, -0.2) is 18.2 Å². The van der Waals surface area contributed by atoms with Gasteiger partial charge < -0.3 is 15.7 Å². The number of carbonyl (C=O) groups excluding carboxylic acids is 1. The van der Waals surface area contributed by atoms with E-state index in [0.29, 0.717) is 17.5 Å². The number of amides is 1. The molecule has 1 amide bonds. The standard InChI is InChI=1S/C29H36N4O5S2/c1-18(2)21-7-5-20(6-8-21)16-30-27(34)26-15-23(31-29-32-25(17-39-29)28(35)36)13-14-33(26)40(37,38)24-11-9-22(10-12-24)19(3)4/h5-12,17-19,23,26H,13-16H2,1-4H3,(H,30,34)(H,31,32)(H,35,36)/t23-,26-/m1/s1. The summed E-state index contributed by atoms with van der Waals surface area (Å²) >= 11 is 1.16. The third-order valence-electron chi connectivity index (χ3n) is 7.17. The molecule has 0 unspecified atom stereocenters. The van der Waals surface area contributed by atoms with Crippen molar-refractivity contribution in [3.63, 3.8) is 0 Å². The summed E-state index contributed by atoms with van der Waals surface area (Å²) in [6.45, 7) is 8.72. The summed E-state index contributed by atoms with van der Waals surface area (Å²) in [5.74, 6) is -0.841. The number of thiazole rings is 1. The monoisotopic (exact) mass is 584 g/mol. The van der Waals surface area contributed by atoms with Gasteiger partial charge in [-0.05, 0) is 53.5 Å². The zero-order valence-corrected chi connectivity index (χ0v) is 24.8. The number of aromatic carboxylic acids is 1. The fourth-order valence-electron chi connectivity index (χ4n) is 4.70. The minimum Gasteiger partial charge on any atom is -0.476 e. The van der Waals surface area contributed by atoms with Crippen LogP contribution < -0.4 is 10.6 Å². The second kappa shape index (κ2) is 12.5. The Labute approximate surface area is 239 Å². The van der Waals surface area contributed by atoms with Gasteiger partial charge in [-0.15, -0.1) is 11.3 Å². The Balaban J connectivity index is 1.55. The zero-order chi connectivity index (χ0) is 29.0. The third kappa shape index (κ3) is 6.89. The first-order valence-corrected chi connectivity index (χ1v) is 15.7. The maximum absolute atomic E-state index is 13.8. The number of piperidine rings is 1. The molecule has 1 aliphatic rings. The fraction of sp³-hybridized carbons (Fsp3) is 0.414. The molecule has 1 fully saturated rings. The van der Waals surface area contributed by atoms with Gasteiger partial charge in [0.25, 0.3) is 0 Å². The molecule has 11 heteroatoms.